The van der Waals surface area contributed by atoms with Gasteiger partial charge in [0.25, 0.3) is 0 Å². The van der Waals surface area contributed by atoms with E-state index < -0.39 is 10.0 Å². The van der Waals surface area contributed by atoms with Crippen molar-refractivity contribution in [3.8, 4) is 17.1 Å². The molecular weight excluding hydrogens is 416 g/mol. The van der Waals surface area contributed by atoms with E-state index in [-0.39, 0.29) is 16.6 Å². The highest BCUT2D eigenvalue weighted by Crippen LogP contribution is 2.23. The van der Waals surface area contributed by atoms with Gasteiger partial charge in [-0.1, -0.05) is 11.8 Å². The number of hydrogen-bond donors (Lipinski definition) is 3. The number of carbonyl (C=O) groups excluding carboxylic acids is 1. The molecule has 10 nitrogen and oxygen atoms in total. The summed E-state index contributed by atoms with van der Waals surface area (Å²) in [6, 6.07) is 12.7. The third-order valence-electron chi connectivity index (χ3n) is 3.81. The van der Waals surface area contributed by atoms with Crippen LogP contribution in [0, 0.1) is 0 Å². The predicted molar refractivity (Wildman–Crippen MR) is 109 cm³/mol. The van der Waals surface area contributed by atoms with Crippen LogP contribution < -0.4 is 21.0 Å². The summed E-state index contributed by atoms with van der Waals surface area (Å²) in [5, 5.41) is 16.1. The Balaban J connectivity index is 1.61. The Bertz CT molecular complexity index is 1110. The van der Waals surface area contributed by atoms with Gasteiger partial charge in [0.1, 0.15) is 5.75 Å². The van der Waals surface area contributed by atoms with Crippen molar-refractivity contribution in [1.82, 2.24) is 14.9 Å². The molecule has 5 N–H and O–H groups in total. The van der Waals surface area contributed by atoms with E-state index in [4.69, 9.17) is 15.7 Å². The molecule has 0 radical (unpaired) electrons. The molecule has 0 saturated heterocycles. The van der Waals surface area contributed by atoms with Crippen LogP contribution in [0.5, 0.6) is 5.75 Å². The molecule has 3 rings (SSSR count). The maximum atomic E-state index is 12.1. The fraction of sp³-hybridized carbons (Fsp3) is 0.118. The largest absolute Gasteiger partial charge is 0.497 e. The van der Waals surface area contributed by atoms with E-state index in [0.29, 0.717) is 22.4 Å². The van der Waals surface area contributed by atoms with Crippen LogP contribution in [0.1, 0.15) is 0 Å². The summed E-state index contributed by atoms with van der Waals surface area (Å²) < 4.78 is 28.9. The van der Waals surface area contributed by atoms with Crippen LogP contribution in [-0.4, -0.2) is 42.1 Å². The normalized spacial score (nSPS) is 11.2. The highest BCUT2D eigenvalue weighted by atomic mass is 32.2. The van der Waals surface area contributed by atoms with Crippen molar-refractivity contribution in [3.05, 3.63) is 48.5 Å². The maximum Gasteiger partial charge on any atom is 0.238 e. The van der Waals surface area contributed by atoms with Gasteiger partial charge in [-0.25, -0.2) is 18.2 Å². The molecule has 1 amide bonds. The van der Waals surface area contributed by atoms with Crippen LogP contribution in [0.3, 0.4) is 0 Å². The number of primary sulfonamides is 1. The number of nitrogen functional groups attached to an aromatic ring is 1. The van der Waals surface area contributed by atoms with E-state index in [1.54, 1.807) is 31.4 Å². The van der Waals surface area contributed by atoms with E-state index >= 15 is 0 Å². The topological polar surface area (TPSA) is 155 Å². The Hall–Kier alpha value is -3.09. The molecule has 12 heteroatoms. The van der Waals surface area contributed by atoms with Gasteiger partial charge in [0.05, 0.1) is 17.8 Å². The number of ether oxygens (including phenoxy) is 1. The molecule has 0 spiro atoms. The van der Waals surface area contributed by atoms with Crippen molar-refractivity contribution in [2.45, 2.75) is 10.1 Å². The smallest absolute Gasteiger partial charge is 0.238 e. The minimum Gasteiger partial charge on any atom is -0.497 e. The summed E-state index contributed by atoms with van der Waals surface area (Å²) >= 11 is 1.12. The molecule has 29 heavy (non-hydrogen) atoms. The minimum absolute atomic E-state index is 0.0350. The van der Waals surface area contributed by atoms with Gasteiger partial charge in [0, 0.05) is 11.3 Å². The van der Waals surface area contributed by atoms with E-state index in [1.807, 2.05) is 0 Å². The van der Waals surface area contributed by atoms with Gasteiger partial charge < -0.3 is 15.9 Å². The molecule has 1 aromatic heterocycles. The zero-order chi connectivity index (χ0) is 21.0. The molecule has 0 aliphatic carbocycles. The van der Waals surface area contributed by atoms with Crippen molar-refractivity contribution in [1.29, 1.82) is 0 Å². The maximum absolute atomic E-state index is 12.1. The van der Waals surface area contributed by atoms with Gasteiger partial charge in [-0.3, -0.25) is 4.79 Å². The summed E-state index contributed by atoms with van der Waals surface area (Å²) in [5.41, 5.74) is 1.20. The standard InChI is InChI=1S/C17H18N6O4S2/c1-27-13-6-2-11(3-7-13)16-21-22-17(23(16)18)28-10-15(24)20-12-4-8-14(9-5-12)29(19,25)26/h2-9H,10,18H2,1H3,(H,20,24)(H2,19,25,26). The zero-order valence-electron chi connectivity index (χ0n) is 15.3. The number of amides is 1. The average Bonchev–Trinajstić information content (AvgIpc) is 3.06. The van der Waals surface area contributed by atoms with Crippen molar-refractivity contribution < 1.29 is 17.9 Å². The number of carbonyl (C=O) groups is 1. The van der Waals surface area contributed by atoms with Crippen LogP contribution in [0.2, 0.25) is 0 Å². The Kier molecular flexibility index (Phi) is 6.06. The highest BCUT2D eigenvalue weighted by molar-refractivity contribution is 7.99. The zero-order valence-corrected chi connectivity index (χ0v) is 16.9. The Morgan fingerprint density at radius 2 is 1.79 bits per heavy atom. The number of rotatable bonds is 7. The lowest BCUT2D eigenvalue weighted by molar-refractivity contribution is -0.113. The first-order chi connectivity index (χ1) is 13.8. The number of anilines is 1. The number of methoxy groups -OCH3 is 1. The third-order valence-corrected chi connectivity index (χ3v) is 5.68. The fourth-order valence-electron chi connectivity index (χ4n) is 2.37. The lowest BCUT2D eigenvalue weighted by atomic mass is 10.2. The molecule has 0 saturated carbocycles. The molecule has 1 heterocycles. The van der Waals surface area contributed by atoms with Crippen molar-refractivity contribution in [2.24, 2.45) is 5.14 Å². The summed E-state index contributed by atoms with van der Waals surface area (Å²) in [5.74, 6) is 6.93. The summed E-state index contributed by atoms with van der Waals surface area (Å²) in [6.07, 6.45) is 0. The second-order valence-corrected chi connectivity index (χ2v) is 8.31. The first kappa shape index (κ1) is 20.6. The van der Waals surface area contributed by atoms with Crippen LogP contribution >= 0.6 is 11.8 Å². The number of nitrogens with zero attached hydrogens (tertiary/aromatic N) is 3. The molecule has 0 aliphatic rings. The number of aromatic nitrogens is 3. The van der Waals surface area contributed by atoms with Gasteiger partial charge in [0.2, 0.25) is 21.1 Å². The molecule has 0 aliphatic heterocycles. The van der Waals surface area contributed by atoms with Crippen molar-refractivity contribution >= 4 is 33.4 Å². The van der Waals surface area contributed by atoms with E-state index in [0.717, 1.165) is 17.3 Å². The summed E-state index contributed by atoms with van der Waals surface area (Å²) in [7, 11) is -2.20. The number of benzene rings is 2. The van der Waals surface area contributed by atoms with Crippen LogP contribution in [-0.2, 0) is 14.8 Å². The predicted octanol–water partition coefficient (Wildman–Crippen LogP) is 1.05. The number of sulfonamides is 1. The fourth-order valence-corrected chi connectivity index (χ4v) is 3.54. The van der Waals surface area contributed by atoms with Crippen molar-refractivity contribution in [2.75, 3.05) is 24.0 Å². The van der Waals surface area contributed by atoms with Gasteiger partial charge in [0.15, 0.2) is 5.82 Å². The van der Waals surface area contributed by atoms with E-state index in [9.17, 15) is 13.2 Å². The van der Waals surface area contributed by atoms with Gasteiger partial charge in [-0.05, 0) is 48.5 Å². The lowest BCUT2D eigenvalue weighted by Gasteiger charge is -2.06. The second-order valence-electron chi connectivity index (χ2n) is 5.81. The number of nitrogens with one attached hydrogen (secondary N) is 1. The number of hydrogen-bond acceptors (Lipinski definition) is 8. The summed E-state index contributed by atoms with van der Waals surface area (Å²) in [6.45, 7) is 0. The first-order valence-corrected chi connectivity index (χ1v) is 10.7. The van der Waals surface area contributed by atoms with Crippen LogP contribution in [0.25, 0.3) is 11.4 Å². The molecule has 0 atom stereocenters. The number of thioether (sulfide) groups is 1. The molecule has 0 bridgehead atoms. The molecule has 2 aromatic carbocycles. The Labute approximate surface area is 171 Å². The van der Waals surface area contributed by atoms with Crippen LogP contribution in [0.4, 0.5) is 5.69 Å². The first-order valence-electron chi connectivity index (χ1n) is 8.18. The Morgan fingerprint density at radius 1 is 1.14 bits per heavy atom. The minimum atomic E-state index is -3.78. The monoisotopic (exact) mass is 434 g/mol. The molecule has 3 aromatic rings. The number of nitrogens with two attached hydrogens (primary N) is 2. The SMILES string of the molecule is COc1ccc(-c2nnc(SCC(=O)Nc3ccc(S(N)(=O)=O)cc3)n2N)cc1. The molecule has 0 unspecified atom stereocenters. The van der Waals surface area contributed by atoms with Gasteiger partial charge >= 0.3 is 0 Å². The quantitative estimate of drug-likeness (QED) is 0.368. The van der Waals surface area contributed by atoms with Gasteiger partial charge in [-0.2, -0.15) is 0 Å². The molecular formula is C17H18N6O4S2. The van der Waals surface area contributed by atoms with Gasteiger partial charge in [-0.15, -0.1) is 10.2 Å². The third kappa shape index (κ3) is 5.04. The Morgan fingerprint density at radius 3 is 2.38 bits per heavy atom. The second kappa shape index (κ2) is 8.51. The molecule has 152 valence electrons. The summed E-state index contributed by atoms with van der Waals surface area (Å²) in [4.78, 5) is 12.1. The van der Waals surface area contributed by atoms with Crippen molar-refractivity contribution in [3.63, 3.8) is 0 Å². The lowest BCUT2D eigenvalue weighted by Crippen LogP contribution is -2.17. The molecule has 0 fully saturated rings. The van der Waals surface area contributed by atoms with E-state index in [1.165, 1.54) is 28.9 Å². The van der Waals surface area contributed by atoms with E-state index in [2.05, 4.69) is 15.5 Å². The average molecular weight is 435 g/mol. The van der Waals surface area contributed by atoms with Crippen LogP contribution in [0.15, 0.2) is 58.6 Å². The highest BCUT2D eigenvalue weighted by Gasteiger charge is 2.14.